The number of carbonyl (C=O) groups is 1. The number of rotatable bonds is 11. The summed E-state index contributed by atoms with van der Waals surface area (Å²) in [6, 6.07) is 1.89. The molecule has 1 aromatic heterocycles. The fourth-order valence-corrected chi connectivity index (χ4v) is 3.53. The topological polar surface area (TPSA) is 38.3 Å². The lowest BCUT2D eigenvalue weighted by molar-refractivity contribution is 0.0877. The Morgan fingerprint density at radius 1 is 1.43 bits per heavy atom. The van der Waals surface area contributed by atoms with Crippen LogP contribution in [0.25, 0.3) is 0 Å². The number of carbonyl (C=O) groups excluding carboxylic acids is 1. The summed E-state index contributed by atoms with van der Waals surface area (Å²) in [5.41, 5.74) is 0. The molecule has 1 rings (SSSR count). The van der Waals surface area contributed by atoms with Crippen LogP contribution >= 0.6 is 27.3 Å². The van der Waals surface area contributed by atoms with Crippen LogP contribution in [0, 0.1) is 5.92 Å². The zero-order valence-electron chi connectivity index (χ0n) is 13.0. The first-order valence-corrected chi connectivity index (χ1v) is 9.45. The van der Waals surface area contributed by atoms with Crippen molar-refractivity contribution in [3.05, 3.63) is 20.8 Å². The van der Waals surface area contributed by atoms with E-state index < -0.39 is 0 Å². The van der Waals surface area contributed by atoms with Gasteiger partial charge in [0.15, 0.2) is 0 Å². The van der Waals surface area contributed by atoms with E-state index in [0.29, 0.717) is 19.1 Å². The molecule has 1 aromatic rings. The highest BCUT2D eigenvalue weighted by Crippen LogP contribution is 2.22. The molecule has 0 bridgehead atoms. The Kier molecular flexibility index (Phi) is 9.96. The summed E-state index contributed by atoms with van der Waals surface area (Å²) in [4.78, 5) is 12.6. The van der Waals surface area contributed by atoms with Crippen LogP contribution in [0.3, 0.4) is 0 Å². The molecule has 1 heterocycles. The van der Waals surface area contributed by atoms with Crippen LogP contribution < -0.4 is 5.32 Å². The van der Waals surface area contributed by atoms with E-state index in [2.05, 4.69) is 35.1 Å². The second-order valence-electron chi connectivity index (χ2n) is 5.20. The van der Waals surface area contributed by atoms with Crippen LogP contribution in [0.1, 0.15) is 55.6 Å². The molecule has 1 unspecified atom stereocenters. The van der Waals surface area contributed by atoms with Crippen molar-refractivity contribution >= 4 is 33.2 Å². The predicted molar refractivity (Wildman–Crippen MR) is 93.1 cm³/mol. The van der Waals surface area contributed by atoms with Gasteiger partial charge in [-0.3, -0.25) is 4.79 Å². The van der Waals surface area contributed by atoms with E-state index in [1.54, 1.807) is 0 Å². The lowest BCUT2D eigenvalue weighted by Crippen LogP contribution is -2.25. The van der Waals surface area contributed by atoms with Crippen LogP contribution in [0.2, 0.25) is 0 Å². The van der Waals surface area contributed by atoms with Gasteiger partial charge in [-0.15, -0.1) is 11.3 Å². The van der Waals surface area contributed by atoms with Gasteiger partial charge in [-0.25, -0.2) is 0 Å². The molecule has 0 spiro atoms. The number of halogens is 1. The number of amides is 1. The first-order valence-electron chi connectivity index (χ1n) is 7.77. The smallest absolute Gasteiger partial charge is 0.262 e. The Hall–Kier alpha value is -0.390. The summed E-state index contributed by atoms with van der Waals surface area (Å²) < 4.78 is 6.59. The summed E-state index contributed by atoms with van der Waals surface area (Å²) in [6.45, 7) is 6.68. The Balaban J connectivity index is 2.06. The van der Waals surface area contributed by atoms with E-state index >= 15 is 0 Å². The van der Waals surface area contributed by atoms with Crippen molar-refractivity contribution in [1.82, 2.24) is 5.32 Å². The van der Waals surface area contributed by atoms with Crippen LogP contribution in [0.4, 0.5) is 0 Å². The van der Waals surface area contributed by atoms with Gasteiger partial charge in [0.05, 0.1) is 0 Å². The second-order valence-corrected chi connectivity index (χ2v) is 6.97. The maximum Gasteiger partial charge on any atom is 0.262 e. The maximum absolute atomic E-state index is 11.9. The van der Waals surface area contributed by atoms with Gasteiger partial charge >= 0.3 is 0 Å². The maximum atomic E-state index is 11.9. The molecular formula is C16H26BrNO2S. The molecule has 1 N–H and O–H groups in total. The summed E-state index contributed by atoms with van der Waals surface area (Å²) in [7, 11) is 0. The molecule has 5 heteroatoms. The quantitative estimate of drug-likeness (QED) is 0.560. The van der Waals surface area contributed by atoms with Crippen LogP contribution in [-0.2, 0) is 4.74 Å². The molecular weight excluding hydrogens is 350 g/mol. The first-order chi connectivity index (χ1) is 10.2. The Labute approximate surface area is 140 Å². The number of hydrogen-bond acceptors (Lipinski definition) is 3. The van der Waals surface area contributed by atoms with Gasteiger partial charge in [0.1, 0.15) is 4.88 Å². The predicted octanol–water partition coefficient (Wildman–Crippen LogP) is 4.86. The van der Waals surface area contributed by atoms with Gasteiger partial charge in [-0.1, -0.05) is 33.1 Å². The SMILES string of the molecule is CCCCC(CC)COCCCNC(=O)c1sccc1Br. The second kappa shape index (κ2) is 11.2. The Morgan fingerprint density at radius 2 is 2.24 bits per heavy atom. The Bertz CT molecular complexity index is 409. The monoisotopic (exact) mass is 375 g/mol. The van der Waals surface area contributed by atoms with E-state index in [1.807, 2.05) is 11.4 Å². The molecule has 120 valence electrons. The molecule has 21 heavy (non-hydrogen) atoms. The van der Waals surface area contributed by atoms with Gasteiger partial charge in [0.2, 0.25) is 0 Å². The van der Waals surface area contributed by atoms with Crippen molar-refractivity contribution in [1.29, 1.82) is 0 Å². The van der Waals surface area contributed by atoms with Crippen LogP contribution in [0.15, 0.2) is 15.9 Å². The lowest BCUT2D eigenvalue weighted by atomic mass is 10.0. The van der Waals surface area contributed by atoms with E-state index in [0.717, 1.165) is 22.4 Å². The molecule has 0 radical (unpaired) electrons. The van der Waals surface area contributed by atoms with Crippen LogP contribution in [0.5, 0.6) is 0 Å². The molecule has 1 amide bonds. The van der Waals surface area contributed by atoms with Crippen molar-refractivity contribution in [3.8, 4) is 0 Å². The normalized spacial score (nSPS) is 12.3. The largest absolute Gasteiger partial charge is 0.381 e. The summed E-state index contributed by atoms with van der Waals surface area (Å²) >= 11 is 4.82. The van der Waals surface area contributed by atoms with E-state index in [1.165, 1.54) is 37.0 Å². The van der Waals surface area contributed by atoms with E-state index in [-0.39, 0.29) is 5.91 Å². The van der Waals surface area contributed by atoms with Crippen molar-refractivity contribution in [3.63, 3.8) is 0 Å². The molecule has 1 atom stereocenters. The summed E-state index contributed by atoms with van der Waals surface area (Å²) in [6.07, 6.45) is 5.84. The Morgan fingerprint density at radius 3 is 2.86 bits per heavy atom. The van der Waals surface area contributed by atoms with Gasteiger partial charge in [0.25, 0.3) is 5.91 Å². The number of ether oxygens (including phenoxy) is 1. The summed E-state index contributed by atoms with van der Waals surface area (Å²) in [5.74, 6) is 0.674. The number of nitrogens with one attached hydrogen (secondary N) is 1. The fraction of sp³-hybridized carbons (Fsp3) is 0.688. The van der Waals surface area contributed by atoms with E-state index in [4.69, 9.17) is 4.74 Å². The average molecular weight is 376 g/mol. The molecule has 0 fully saturated rings. The standard InChI is InChI=1S/C16H26BrNO2S/c1-3-5-7-13(4-2)12-20-10-6-9-18-16(19)15-14(17)8-11-21-15/h8,11,13H,3-7,9-10,12H2,1-2H3,(H,18,19). The van der Waals surface area contributed by atoms with Gasteiger partial charge in [-0.2, -0.15) is 0 Å². The minimum absolute atomic E-state index is 0.00810. The third-order valence-corrected chi connectivity index (χ3v) is 5.31. The molecule has 0 aliphatic rings. The van der Waals surface area contributed by atoms with Crippen molar-refractivity contribution in [2.75, 3.05) is 19.8 Å². The molecule has 0 aliphatic heterocycles. The summed E-state index contributed by atoms with van der Waals surface area (Å²) in [5, 5.41) is 4.83. The lowest BCUT2D eigenvalue weighted by Gasteiger charge is -2.14. The van der Waals surface area contributed by atoms with Crippen molar-refractivity contribution in [2.45, 2.75) is 46.0 Å². The van der Waals surface area contributed by atoms with Gasteiger partial charge < -0.3 is 10.1 Å². The highest BCUT2D eigenvalue weighted by molar-refractivity contribution is 9.10. The van der Waals surface area contributed by atoms with Crippen molar-refractivity contribution in [2.24, 2.45) is 5.92 Å². The minimum Gasteiger partial charge on any atom is -0.381 e. The zero-order valence-corrected chi connectivity index (χ0v) is 15.4. The molecule has 0 saturated heterocycles. The number of thiophene rings is 1. The third-order valence-electron chi connectivity index (χ3n) is 3.47. The highest BCUT2D eigenvalue weighted by Gasteiger charge is 2.10. The van der Waals surface area contributed by atoms with Gasteiger partial charge in [-0.05, 0) is 46.1 Å². The number of hydrogen-bond donors (Lipinski definition) is 1. The third kappa shape index (κ3) is 7.43. The fourth-order valence-electron chi connectivity index (χ4n) is 2.06. The minimum atomic E-state index is -0.00810. The number of unbranched alkanes of at least 4 members (excludes halogenated alkanes) is 1. The highest BCUT2D eigenvalue weighted by atomic mass is 79.9. The van der Waals surface area contributed by atoms with Crippen LogP contribution in [-0.4, -0.2) is 25.7 Å². The average Bonchev–Trinajstić information content (AvgIpc) is 2.91. The molecule has 0 aliphatic carbocycles. The van der Waals surface area contributed by atoms with E-state index in [9.17, 15) is 4.79 Å². The first kappa shape index (κ1) is 18.7. The van der Waals surface area contributed by atoms with Crippen molar-refractivity contribution < 1.29 is 9.53 Å². The molecule has 3 nitrogen and oxygen atoms in total. The molecule has 0 saturated carbocycles. The molecule has 0 aromatic carbocycles. The zero-order chi connectivity index (χ0) is 15.5. The van der Waals surface area contributed by atoms with Gasteiger partial charge in [0, 0.05) is 24.2 Å².